The first kappa shape index (κ1) is 24.0. The van der Waals surface area contributed by atoms with Crippen LogP contribution in [0.5, 0.6) is 0 Å². The Balaban J connectivity index is 4.31. The Morgan fingerprint density at radius 1 is 0.435 bits per heavy atom. The predicted octanol–water partition coefficient (Wildman–Crippen LogP) is 7.75. The summed E-state index contributed by atoms with van der Waals surface area (Å²) in [5.74, 6) is 0. The zero-order valence-corrected chi connectivity index (χ0v) is 20.9. The SMILES string of the molecule is CCCC[CH2][Ge]([CH2]CCCC)[O][Ge]([CH2]CCCC)[CH2]CCCC. The van der Waals surface area contributed by atoms with Crippen LogP contribution >= 0.6 is 0 Å². The molecule has 0 aliphatic heterocycles. The quantitative estimate of drug-likeness (QED) is 0.155. The molecule has 23 heavy (non-hydrogen) atoms. The van der Waals surface area contributed by atoms with Gasteiger partial charge in [-0.1, -0.05) is 0 Å². The first-order valence-electron chi connectivity index (χ1n) is 10.7. The third kappa shape index (κ3) is 16.3. The first-order valence-corrected chi connectivity index (χ1v) is 18.3. The molecule has 0 rings (SSSR count). The average Bonchev–Trinajstić information content (AvgIpc) is 2.55. The van der Waals surface area contributed by atoms with Crippen LogP contribution < -0.4 is 0 Å². The van der Waals surface area contributed by atoms with Crippen molar-refractivity contribution in [3.8, 4) is 0 Å². The minimum absolute atomic E-state index is 1.18. The van der Waals surface area contributed by atoms with Crippen LogP contribution in [-0.2, 0) is 2.79 Å². The molecular formula is C20H44Ge2O. The summed E-state index contributed by atoms with van der Waals surface area (Å²) in [4.78, 5) is 0. The molecule has 0 saturated carbocycles. The molecule has 3 heteroatoms. The maximum atomic E-state index is 6.97. The Morgan fingerprint density at radius 3 is 0.913 bits per heavy atom. The van der Waals surface area contributed by atoms with Crippen LogP contribution in [0.25, 0.3) is 0 Å². The van der Waals surface area contributed by atoms with Crippen LogP contribution in [-0.4, -0.2) is 29.4 Å². The Kier molecular flexibility index (Phi) is 20.3. The van der Waals surface area contributed by atoms with Gasteiger partial charge in [-0.3, -0.25) is 0 Å². The molecule has 0 aromatic heterocycles. The van der Waals surface area contributed by atoms with Crippen molar-refractivity contribution in [3.63, 3.8) is 0 Å². The summed E-state index contributed by atoms with van der Waals surface area (Å²) in [6, 6.07) is 0. The van der Waals surface area contributed by atoms with Crippen molar-refractivity contribution in [1.29, 1.82) is 0 Å². The van der Waals surface area contributed by atoms with E-state index in [4.69, 9.17) is 2.79 Å². The van der Waals surface area contributed by atoms with Crippen LogP contribution in [0.15, 0.2) is 0 Å². The van der Waals surface area contributed by atoms with E-state index >= 15 is 0 Å². The van der Waals surface area contributed by atoms with Crippen LogP contribution in [0.2, 0.25) is 21.0 Å². The van der Waals surface area contributed by atoms with Crippen molar-refractivity contribution in [1.82, 2.24) is 0 Å². The Hall–Kier alpha value is 1.05. The molecule has 1 nitrogen and oxygen atoms in total. The van der Waals surface area contributed by atoms with Crippen molar-refractivity contribution in [2.45, 2.75) is 126 Å². The van der Waals surface area contributed by atoms with Crippen molar-refractivity contribution < 1.29 is 2.79 Å². The first-order chi connectivity index (χ1) is 11.3. The van der Waals surface area contributed by atoms with E-state index in [-0.39, 0.29) is 0 Å². The average molecular weight is 446 g/mol. The van der Waals surface area contributed by atoms with Gasteiger partial charge in [0.15, 0.2) is 0 Å². The molecule has 0 saturated heterocycles. The van der Waals surface area contributed by atoms with E-state index in [9.17, 15) is 0 Å². The number of hydrogen-bond donors (Lipinski definition) is 0. The number of unbranched alkanes of at least 4 members (excludes halogenated alkanes) is 8. The molecule has 2 radical (unpaired) electrons. The molecule has 0 unspecified atom stereocenters. The third-order valence-corrected chi connectivity index (χ3v) is 19.7. The normalized spacial score (nSPS) is 11.7. The van der Waals surface area contributed by atoms with Gasteiger partial charge >= 0.3 is 158 Å². The van der Waals surface area contributed by atoms with Crippen LogP contribution in [0.4, 0.5) is 0 Å². The summed E-state index contributed by atoms with van der Waals surface area (Å²) < 4.78 is 6.97. The Labute approximate surface area is 157 Å². The van der Waals surface area contributed by atoms with Gasteiger partial charge in [0.25, 0.3) is 0 Å². The third-order valence-electron chi connectivity index (χ3n) is 4.53. The summed E-state index contributed by atoms with van der Waals surface area (Å²) in [6.45, 7) is 9.30. The molecule has 0 atom stereocenters. The molecule has 0 aliphatic carbocycles. The van der Waals surface area contributed by atoms with Gasteiger partial charge in [0.05, 0.1) is 0 Å². The zero-order valence-electron chi connectivity index (χ0n) is 16.7. The molecule has 0 aromatic carbocycles. The molecule has 0 aromatic rings. The van der Waals surface area contributed by atoms with E-state index in [1.165, 1.54) is 98.1 Å². The summed E-state index contributed by atoms with van der Waals surface area (Å²) >= 11 is -2.36. The van der Waals surface area contributed by atoms with Crippen LogP contribution in [0.3, 0.4) is 0 Å². The monoisotopic (exact) mass is 448 g/mol. The second-order valence-corrected chi connectivity index (χ2v) is 18.4. The van der Waals surface area contributed by atoms with E-state index in [2.05, 4.69) is 27.7 Å². The van der Waals surface area contributed by atoms with Crippen molar-refractivity contribution in [2.24, 2.45) is 0 Å². The van der Waals surface area contributed by atoms with Gasteiger partial charge in [-0.05, 0) is 0 Å². The second kappa shape index (κ2) is 19.4. The molecule has 0 aliphatic rings. The Morgan fingerprint density at radius 2 is 0.696 bits per heavy atom. The summed E-state index contributed by atoms with van der Waals surface area (Å²) in [5.41, 5.74) is 0. The summed E-state index contributed by atoms with van der Waals surface area (Å²) in [5, 5.41) is 5.98. The van der Waals surface area contributed by atoms with E-state index in [1.807, 2.05) is 0 Å². The molecule has 0 heterocycles. The minimum atomic E-state index is -1.18. The van der Waals surface area contributed by atoms with Gasteiger partial charge in [-0.15, -0.1) is 0 Å². The number of rotatable bonds is 18. The number of hydrogen-bond acceptors (Lipinski definition) is 1. The van der Waals surface area contributed by atoms with Crippen LogP contribution in [0, 0.1) is 0 Å². The summed E-state index contributed by atoms with van der Waals surface area (Å²) in [6.07, 6.45) is 16.9. The van der Waals surface area contributed by atoms with Gasteiger partial charge in [0.1, 0.15) is 0 Å². The fourth-order valence-electron chi connectivity index (χ4n) is 2.95. The van der Waals surface area contributed by atoms with Crippen LogP contribution in [0.1, 0.15) is 105 Å². The topological polar surface area (TPSA) is 9.23 Å². The van der Waals surface area contributed by atoms with Gasteiger partial charge in [0, 0.05) is 0 Å². The molecular weight excluding hydrogens is 401 g/mol. The molecule has 138 valence electrons. The standard InChI is InChI=1S/C20H44Ge2O/c1-5-9-13-17-21(18-14-10-6-2)23-22(19-15-11-7-3)20-16-12-8-4/h5-20H2,1-4H3. The fraction of sp³-hybridized carbons (Fsp3) is 1.00. The second-order valence-electron chi connectivity index (χ2n) is 7.01. The van der Waals surface area contributed by atoms with E-state index in [1.54, 1.807) is 0 Å². The predicted molar refractivity (Wildman–Crippen MR) is 110 cm³/mol. The maximum absolute atomic E-state index is 6.97. The summed E-state index contributed by atoms with van der Waals surface area (Å²) in [7, 11) is 0. The van der Waals surface area contributed by atoms with E-state index in [0.717, 1.165) is 0 Å². The molecule has 0 spiro atoms. The van der Waals surface area contributed by atoms with E-state index in [0.29, 0.717) is 0 Å². The van der Waals surface area contributed by atoms with Gasteiger partial charge in [0.2, 0.25) is 0 Å². The molecule has 0 fully saturated rings. The van der Waals surface area contributed by atoms with Gasteiger partial charge in [-0.25, -0.2) is 0 Å². The molecule has 0 N–H and O–H groups in total. The molecule has 0 amide bonds. The van der Waals surface area contributed by atoms with Crippen molar-refractivity contribution in [3.05, 3.63) is 0 Å². The van der Waals surface area contributed by atoms with Gasteiger partial charge in [-0.2, -0.15) is 0 Å². The molecule has 0 bridgehead atoms. The van der Waals surface area contributed by atoms with Gasteiger partial charge < -0.3 is 0 Å². The van der Waals surface area contributed by atoms with Crippen molar-refractivity contribution in [2.75, 3.05) is 0 Å². The fourth-order valence-corrected chi connectivity index (χ4v) is 20.0. The van der Waals surface area contributed by atoms with E-state index < -0.39 is 29.4 Å². The van der Waals surface area contributed by atoms with Crippen molar-refractivity contribution >= 4 is 29.4 Å². The Bertz CT molecular complexity index is 182. The zero-order chi connectivity index (χ0) is 17.2.